The molecule has 1 unspecified atom stereocenters. The van der Waals surface area contributed by atoms with Crippen molar-refractivity contribution < 1.29 is 4.74 Å². The van der Waals surface area contributed by atoms with Crippen LogP contribution in [0.25, 0.3) is 11.3 Å². The summed E-state index contributed by atoms with van der Waals surface area (Å²) in [6, 6.07) is 16.4. The van der Waals surface area contributed by atoms with Gasteiger partial charge >= 0.3 is 0 Å². The molecule has 0 saturated heterocycles. The minimum Gasteiger partial charge on any atom is -0.482 e. The third-order valence-corrected chi connectivity index (χ3v) is 4.78. The molecule has 3 aromatic rings. The number of benzene rings is 2. The highest BCUT2D eigenvalue weighted by Crippen LogP contribution is 2.38. The number of hydrogen-bond acceptors (Lipinski definition) is 5. The fourth-order valence-electron chi connectivity index (χ4n) is 2.85. The minimum absolute atomic E-state index is 0.0335. The summed E-state index contributed by atoms with van der Waals surface area (Å²) in [4.78, 5) is 5.55. The number of thiazole rings is 1. The van der Waals surface area contributed by atoms with Crippen molar-refractivity contribution in [3.05, 3.63) is 59.0 Å². The molecule has 1 aliphatic heterocycles. The average Bonchev–Trinajstić information content (AvgIpc) is 2.93. The van der Waals surface area contributed by atoms with Gasteiger partial charge in [-0.1, -0.05) is 30.3 Å². The summed E-state index contributed by atoms with van der Waals surface area (Å²) in [5.74, 6) is 0.870. The topological polar surface area (TPSA) is 60.2 Å². The van der Waals surface area contributed by atoms with Crippen LogP contribution in [0.15, 0.2) is 48.5 Å². The maximum atomic E-state index is 6.14. The van der Waals surface area contributed by atoms with Gasteiger partial charge in [0.1, 0.15) is 11.9 Å². The number of ether oxygens (including phenoxy) is 1. The van der Waals surface area contributed by atoms with Gasteiger partial charge in [0.15, 0.2) is 5.13 Å². The molecule has 0 bridgehead atoms. The number of aromatic nitrogens is 1. The molecule has 0 aliphatic carbocycles. The lowest BCUT2D eigenvalue weighted by Crippen LogP contribution is -2.23. The predicted molar refractivity (Wildman–Crippen MR) is 95.0 cm³/mol. The van der Waals surface area contributed by atoms with Crippen molar-refractivity contribution in [3.8, 4) is 17.0 Å². The smallest absolute Gasteiger partial charge is 0.180 e. The maximum absolute atomic E-state index is 6.14. The van der Waals surface area contributed by atoms with Crippen LogP contribution in [-0.2, 0) is 0 Å². The van der Waals surface area contributed by atoms with Gasteiger partial charge < -0.3 is 15.8 Å². The fourth-order valence-corrected chi connectivity index (χ4v) is 3.56. The van der Waals surface area contributed by atoms with E-state index in [9.17, 15) is 0 Å². The normalized spacial score (nSPS) is 16.3. The molecule has 0 spiro atoms. The van der Waals surface area contributed by atoms with Gasteiger partial charge in [-0.25, -0.2) is 4.98 Å². The van der Waals surface area contributed by atoms with Gasteiger partial charge in [-0.2, -0.15) is 0 Å². The monoisotopic (exact) mass is 323 g/mol. The molecule has 1 atom stereocenters. The Balaban J connectivity index is 1.64. The van der Waals surface area contributed by atoms with Crippen molar-refractivity contribution >= 4 is 22.2 Å². The Morgan fingerprint density at radius 2 is 2.04 bits per heavy atom. The summed E-state index contributed by atoms with van der Waals surface area (Å²) in [5, 5.41) is 4.07. The summed E-state index contributed by atoms with van der Waals surface area (Å²) in [6.45, 7) is 2.79. The highest BCUT2D eigenvalue weighted by atomic mass is 32.1. The van der Waals surface area contributed by atoms with E-state index in [4.69, 9.17) is 10.5 Å². The largest absolute Gasteiger partial charge is 0.482 e. The van der Waals surface area contributed by atoms with Crippen LogP contribution in [-0.4, -0.2) is 11.5 Å². The molecule has 0 fully saturated rings. The number of anilines is 2. The number of rotatable bonds is 2. The molecule has 3 N–H and O–H groups in total. The first-order valence-corrected chi connectivity index (χ1v) is 8.35. The quantitative estimate of drug-likeness (QED) is 0.740. The van der Waals surface area contributed by atoms with Crippen molar-refractivity contribution in [2.45, 2.75) is 13.0 Å². The van der Waals surface area contributed by atoms with Gasteiger partial charge in [-0.15, -0.1) is 11.3 Å². The van der Waals surface area contributed by atoms with E-state index in [0.717, 1.165) is 34.1 Å². The number of nitrogens with two attached hydrogens (primary N) is 1. The zero-order valence-electron chi connectivity index (χ0n) is 12.7. The third kappa shape index (κ3) is 2.64. The first-order chi connectivity index (χ1) is 11.2. The molecule has 1 aromatic heterocycles. The van der Waals surface area contributed by atoms with Crippen molar-refractivity contribution in [3.63, 3.8) is 0 Å². The van der Waals surface area contributed by atoms with E-state index in [1.807, 2.05) is 37.3 Å². The molecule has 5 heteroatoms. The van der Waals surface area contributed by atoms with E-state index >= 15 is 0 Å². The molecule has 4 rings (SSSR count). The summed E-state index contributed by atoms with van der Waals surface area (Å²) >= 11 is 1.51. The first kappa shape index (κ1) is 14.1. The summed E-state index contributed by atoms with van der Waals surface area (Å²) in [6.07, 6.45) is 0.0335. The second-order valence-electron chi connectivity index (χ2n) is 5.57. The van der Waals surface area contributed by atoms with Crippen molar-refractivity contribution in [1.82, 2.24) is 4.98 Å². The van der Waals surface area contributed by atoms with Crippen LogP contribution in [0.1, 0.15) is 16.5 Å². The lowest BCUT2D eigenvalue weighted by molar-refractivity contribution is 0.210. The SMILES string of the molecule is Cc1sc(N)nc1-c1ccc2c(c1)NCC(c1ccccc1)O2. The molecule has 0 radical (unpaired) electrons. The molecule has 116 valence electrons. The molecule has 23 heavy (non-hydrogen) atoms. The first-order valence-electron chi connectivity index (χ1n) is 7.53. The fraction of sp³-hybridized carbons (Fsp3) is 0.167. The van der Waals surface area contributed by atoms with E-state index in [1.165, 1.54) is 16.9 Å². The van der Waals surface area contributed by atoms with Gasteiger partial charge in [-0.3, -0.25) is 0 Å². The number of fused-ring (bicyclic) bond motifs is 1. The lowest BCUT2D eigenvalue weighted by atomic mass is 10.1. The number of aryl methyl sites for hydroxylation is 1. The predicted octanol–water partition coefficient (Wildman–Crippen LogP) is 4.25. The Hall–Kier alpha value is -2.53. The molecular formula is C18H17N3OS. The molecule has 2 aromatic carbocycles. The van der Waals surface area contributed by atoms with E-state index in [2.05, 4.69) is 28.5 Å². The molecule has 2 heterocycles. The minimum atomic E-state index is 0.0335. The Morgan fingerprint density at radius 3 is 2.78 bits per heavy atom. The van der Waals surface area contributed by atoms with Crippen LogP contribution >= 0.6 is 11.3 Å². The summed E-state index contributed by atoms with van der Waals surface area (Å²) in [7, 11) is 0. The third-order valence-electron chi connectivity index (χ3n) is 3.98. The van der Waals surface area contributed by atoms with E-state index < -0.39 is 0 Å². The number of nitrogen functional groups attached to an aromatic ring is 1. The highest BCUT2D eigenvalue weighted by molar-refractivity contribution is 7.15. The van der Waals surface area contributed by atoms with Crippen LogP contribution in [0.2, 0.25) is 0 Å². The second kappa shape index (κ2) is 5.59. The van der Waals surface area contributed by atoms with Gasteiger partial charge in [-0.05, 0) is 30.7 Å². The zero-order valence-corrected chi connectivity index (χ0v) is 13.6. The molecule has 0 amide bonds. The van der Waals surface area contributed by atoms with Crippen LogP contribution in [0.3, 0.4) is 0 Å². The molecular weight excluding hydrogens is 306 g/mol. The molecule has 4 nitrogen and oxygen atoms in total. The average molecular weight is 323 g/mol. The van der Waals surface area contributed by atoms with Gasteiger partial charge in [0.2, 0.25) is 0 Å². The van der Waals surface area contributed by atoms with Gasteiger partial charge in [0, 0.05) is 10.4 Å². The number of nitrogens with one attached hydrogen (secondary N) is 1. The number of hydrogen-bond donors (Lipinski definition) is 2. The standard InChI is InChI=1S/C18H17N3OS/c1-11-17(21-18(19)23-11)13-7-8-15-14(9-13)20-10-16(22-15)12-5-3-2-4-6-12/h2-9,16,20H,10H2,1H3,(H2,19,21). The van der Waals surface area contributed by atoms with Crippen molar-refractivity contribution in [2.75, 3.05) is 17.6 Å². The van der Waals surface area contributed by atoms with Crippen LogP contribution < -0.4 is 15.8 Å². The lowest BCUT2D eigenvalue weighted by Gasteiger charge is -2.28. The van der Waals surface area contributed by atoms with Gasteiger partial charge in [0.05, 0.1) is 17.9 Å². The molecule has 1 aliphatic rings. The molecule has 0 saturated carbocycles. The van der Waals surface area contributed by atoms with E-state index in [0.29, 0.717) is 5.13 Å². The van der Waals surface area contributed by atoms with Crippen LogP contribution in [0.5, 0.6) is 5.75 Å². The summed E-state index contributed by atoms with van der Waals surface area (Å²) < 4.78 is 6.14. The van der Waals surface area contributed by atoms with Crippen molar-refractivity contribution in [2.24, 2.45) is 0 Å². The Labute approximate surface area is 138 Å². The Morgan fingerprint density at radius 1 is 1.22 bits per heavy atom. The van der Waals surface area contributed by atoms with Crippen LogP contribution in [0, 0.1) is 6.92 Å². The summed E-state index contributed by atoms with van der Waals surface area (Å²) in [5.41, 5.74) is 9.99. The van der Waals surface area contributed by atoms with Gasteiger partial charge in [0.25, 0.3) is 0 Å². The van der Waals surface area contributed by atoms with E-state index in [-0.39, 0.29) is 6.10 Å². The van der Waals surface area contributed by atoms with Crippen molar-refractivity contribution in [1.29, 1.82) is 0 Å². The Bertz CT molecular complexity index is 845. The van der Waals surface area contributed by atoms with Crippen LogP contribution in [0.4, 0.5) is 10.8 Å². The Kier molecular flexibility index (Phi) is 3.42. The van der Waals surface area contributed by atoms with E-state index in [1.54, 1.807) is 0 Å². The number of nitrogens with zero attached hydrogens (tertiary/aromatic N) is 1. The maximum Gasteiger partial charge on any atom is 0.180 e. The highest BCUT2D eigenvalue weighted by Gasteiger charge is 2.21. The second-order valence-corrected chi connectivity index (χ2v) is 6.80. The zero-order chi connectivity index (χ0) is 15.8.